The van der Waals surface area contributed by atoms with Crippen LogP contribution >= 0.6 is 0 Å². The van der Waals surface area contributed by atoms with E-state index in [0.29, 0.717) is 0 Å². The molecule has 0 fully saturated rings. The quantitative estimate of drug-likeness (QED) is 0.491. The van der Waals surface area contributed by atoms with E-state index in [9.17, 15) is 0 Å². The molecule has 4 aromatic rings. The fourth-order valence-corrected chi connectivity index (χ4v) is 2.24. The summed E-state index contributed by atoms with van der Waals surface area (Å²) in [6.45, 7) is 8.12. The van der Waals surface area contributed by atoms with Crippen molar-refractivity contribution in [2.24, 2.45) is 0 Å². The van der Waals surface area contributed by atoms with Crippen molar-refractivity contribution in [1.82, 2.24) is 20.2 Å². The summed E-state index contributed by atoms with van der Waals surface area (Å²) in [5.74, 6) is 0. The molecule has 0 aliphatic rings. The Labute approximate surface area is 130 Å². The Morgan fingerprint density at radius 3 is 2.36 bits per heavy atom. The minimum atomic E-state index is 1.07. The summed E-state index contributed by atoms with van der Waals surface area (Å²) < 4.78 is 0. The molecule has 3 heterocycles. The number of benzene rings is 1. The Bertz CT molecular complexity index is 770. The predicted molar refractivity (Wildman–Crippen MR) is 93.0 cm³/mol. The lowest BCUT2D eigenvalue weighted by Gasteiger charge is -1.92. The maximum atomic E-state index is 4.02. The third kappa shape index (κ3) is 3.34. The second kappa shape index (κ2) is 7.41. The lowest BCUT2D eigenvalue weighted by molar-refractivity contribution is 1.11. The second-order valence-electron chi connectivity index (χ2n) is 4.81. The van der Waals surface area contributed by atoms with Gasteiger partial charge in [-0.15, -0.1) is 0 Å². The van der Waals surface area contributed by atoms with Crippen LogP contribution in [0.3, 0.4) is 0 Å². The molecule has 0 bridgehead atoms. The Morgan fingerprint density at radius 2 is 1.64 bits per heavy atom. The summed E-state index contributed by atoms with van der Waals surface area (Å²) in [6, 6.07) is 8.38. The molecule has 0 atom stereocenters. The number of para-hydroxylation sites is 1. The first-order chi connectivity index (χ1) is 10.8. The minimum absolute atomic E-state index is 1.07. The number of nitrogens with one attached hydrogen (secondary N) is 2. The topological polar surface area (TPSA) is 57.4 Å². The highest BCUT2D eigenvalue weighted by molar-refractivity contribution is 5.82. The second-order valence-corrected chi connectivity index (χ2v) is 4.81. The largest absolute Gasteiger partial charge is 0.361 e. The molecule has 0 saturated carbocycles. The zero-order valence-electron chi connectivity index (χ0n) is 13.5. The van der Waals surface area contributed by atoms with Gasteiger partial charge in [0.2, 0.25) is 0 Å². The Morgan fingerprint density at radius 1 is 0.818 bits per heavy atom. The van der Waals surface area contributed by atoms with Crippen molar-refractivity contribution in [3.8, 4) is 0 Å². The van der Waals surface area contributed by atoms with Crippen LogP contribution in [0.2, 0.25) is 0 Å². The van der Waals surface area contributed by atoms with Crippen LogP contribution in [-0.4, -0.2) is 20.2 Å². The van der Waals surface area contributed by atoms with Crippen molar-refractivity contribution in [2.45, 2.75) is 27.7 Å². The summed E-state index contributed by atoms with van der Waals surface area (Å²) in [5, 5.41) is 9.16. The van der Waals surface area contributed by atoms with E-state index in [1.54, 1.807) is 12.4 Å². The number of hydrogen-bond donors (Lipinski definition) is 2. The number of nitrogens with zero attached hydrogens (tertiary/aromatic N) is 2. The maximum absolute atomic E-state index is 4.02. The Balaban J connectivity index is 0.000000144. The standard InChI is InChI=1S/C9H9N.C7H7N3.C2H6/c1-7-3-2-4-8-5-6-10-9(7)8;1-5-2-8-3-6-4-9-10-7(5)6;1-2/h2-6,10H,1H3;2-4H,1H3,(H,9,10);1-2H3. The van der Waals surface area contributed by atoms with E-state index in [1.165, 1.54) is 16.5 Å². The van der Waals surface area contributed by atoms with Crippen LogP contribution < -0.4 is 0 Å². The van der Waals surface area contributed by atoms with Gasteiger partial charge < -0.3 is 4.98 Å². The highest BCUT2D eigenvalue weighted by atomic mass is 15.1. The van der Waals surface area contributed by atoms with Gasteiger partial charge in [-0.05, 0) is 36.4 Å². The first-order valence-electron chi connectivity index (χ1n) is 7.52. The fourth-order valence-electron chi connectivity index (χ4n) is 2.24. The van der Waals surface area contributed by atoms with E-state index < -0.39 is 0 Å². The highest BCUT2D eigenvalue weighted by Gasteiger charge is 1.96. The molecule has 2 N–H and O–H groups in total. The van der Waals surface area contributed by atoms with Gasteiger partial charge >= 0.3 is 0 Å². The van der Waals surface area contributed by atoms with Crippen molar-refractivity contribution < 1.29 is 0 Å². The lowest BCUT2D eigenvalue weighted by atomic mass is 10.2. The van der Waals surface area contributed by atoms with Crippen LogP contribution in [0.15, 0.2) is 49.1 Å². The fraction of sp³-hybridized carbons (Fsp3) is 0.222. The van der Waals surface area contributed by atoms with E-state index in [2.05, 4.69) is 51.4 Å². The monoisotopic (exact) mass is 294 g/mol. The van der Waals surface area contributed by atoms with E-state index >= 15 is 0 Å². The van der Waals surface area contributed by atoms with Crippen LogP contribution in [0.1, 0.15) is 25.0 Å². The molecule has 4 nitrogen and oxygen atoms in total. The van der Waals surface area contributed by atoms with E-state index in [4.69, 9.17) is 0 Å². The number of H-pyrrole nitrogens is 2. The van der Waals surface area contributed by atoms with Crippen molar-refractivity contribution in [2.75, 3.05) is 0 Å². The molecule has 1 aromatic carbocycles. The van der Waals surface area contributed by atoms with Gasteiger partial charge in [-0.3, -0.25) is 10.1 Å². The smallest absolute Gasteiger partial charge is 0.0710 e. The van der Waals surface area contributed by atoms with Crippen LogP contribution in [-0.2, 0) is 0 Å². The van der Waals surface area contributed by atoms with Crippen molar-refractivity contribution >= 4 is 21.8 Å². The van der Waals surface area contributed by atoms with Gasteiger partial charge in [0.05, 0.1) is 11.7 Å². The molecule has 0 aliphatic heterocycles. The van der Waals surface area contributed by atoms with Crippen LogP contribution in [0.4, 0.5) is 0 Å². The molecular weight excluding hydrogens is 272 g/mol. The summed E-state index contributed by atoms with van der Waals surface area (Å²) >= 11 is 0. The zero-order chi connectivity index (χ0) is 15.9. The van der Waals surface area contributed by atoms with Crippen LogP contribution in [0, 0.1) is 13.8 Å². The van der Waals surface area contributed by atoms with Gasteiger partial charge in [-0.1, -0.05) is 32.0 Å². The molecule has 0 spiro atoms. The molecule has 0 aliphatic carbocycles. The number of hydrogen-bond acceptors (Lipinski definition) is 2. The highest BCUT2D eigenvalue weighted by Crippen LogP contribution is 2.15. The lowest BCUT2D eigenvalue weighted by Crippen LogP contribution is -1.77. The first kappa shape index (κ1) is 15.8. The molecule has 114 valence electrons. The number of aromatic nitrogens is 4. The average Bonchev–Trinajstić information content (AvgIpc) is 3.20. The number of aryl methyl sites for hydroxylation is 2. The van der Waals surface area contributed by atoms with Gasteiger partial charge in [-0.2, -0.15) is 5.10 Å². The summed E-state index contributed by atoms with van der Waals surface area (Å²) in [4.78, 5) is 7.21. The predicted octanol–water partition coefficient (Wildman–Crippen LogP) is 4.77. The molecule has 0 radical (unpaired) electrons. The molecule has 4 rings (SSSR count). The summed E-state index contributed by atoms with van der Waals surface area (Å²) in [6.07, 6.45) is 7.36. The molecule has 3 aromatic heterocycles. The van der Waals surface area contributed by atoms with Crippen molar-refractivity contribution in [1.29, 1.82) is 0 Å². The molecular formula is C18H22N4. The Kier molecular flexibility index (Phi) is 5.31. The van der Waals surface area contributed by atoms with Gasteiger partial charge in [-0.25, -0.2) is 0 Å². The Hall–Kier alpha value is -2.62. The minimum Gasteiger partial charge on any atom is -0.361 e. The van der Waals surface area contributed by atoms with Crippen LogP contribution in [0.5, 0.6) is 0 Å². The van der Waals surface area contributed by atoms with Crippen molar-refractivity contribution in [3.05, 3.63) is 60.2 Å². The SMILES string of the molecule is CC.Cc1cccc2cc[nH]c12.Cc1cncc2cn[nH]c12. The van der Waals surface area contributed by atoms with Gasteiger partial charge in [0, 0.05) is 29.5 Å². The molecule has 4 heteroatoms. The number of aromatic amines is 2. The third-order valence-electron chi connectivity index (χ3n) is 3.34. The summed E-state index contributed by atoms with van der Waals surface area (Å²) in [5.41, 5.74) is 4.77. The van der Waals surface area contributed by atoms with Crippen molar-refractivity contribution in [3.63, 3.8) is 0 Å². The average molecular weight is 294 g/mol. The van der Waals surface area contributed by atoms with E-state index in [-0.39, 0.29) is 0 Å². The molecule has 0 amide bonds. The van der Waals surface area contributed by atoms with Crippen LogP contribution in [0.25, 0.3) is 21.8 Å². The number of fused-ring (bicyclic) bond motifs is 2. The van der Waals surface area contributed by atoms with E-state index in [1.807, 2.05) is 33.2 Å². The number of rotatable bonds is 0. The summed E-state index contributed by atoms with van der Waals surface area (Å²) in [7, 11) is 0. The zero-order valence-corrected chi connectivity index (χ0v) is 13.5. The van der Waals surface area contributed by atoms with Gasteiger partial charge in [0.25, 0.3) is 0 Å². The number of pyridine rings is 1. The van der Waals surface area contributed by atoms with Gasteiger partial charge in [0.15, 0.2) is 0 Å². The molecule has 0 saturated heterocycles. The van der Waals surface area contributed by atoms with E-state index in [0.717, 1.165) is 16.5 Å². The molecule has 0 unspecified atom stereocenters. The maximum Gasteiger partial charge on any atom is 0.0710 e. The first-order valence-corrected chi connectivity index (χ1v) is 7.52. The normalized spacial score (nSPS) is 9.82. The van der Waals surface area contributed by atoms with Gasteiger partial charge in [0.1, 0.15) is 0 Å². The third-order valence-corrected chi connectivity index (χ3v) is 3.34. The molecule has 22 heavy (non-hydrogen) atoms.